The van der Waals surface area contributed by atoms with Gasteiger partial charge in [-0.1, -0.05) is 30.3 Å². The van der Waals surface area contributed by atoms with E-state index in [-0.39, 0.29) is 0 Å². The molecule has 0 spiro atoms. The zero-order chi connectivity index (χ0) is 17.9. The van der Waals surface area contributed by atoms with Crippen molar-refractivity contribution in [1.82, 2.24) is 15.1 Å². The summed E-state index contributed by atoms with van der Waals surface area (Å²) in [4.78, 5) is 4.81. The summed E-state index contributed by atoms with van der Waals surface area (Å²) in [6.45, 7) is 2.91. The first-order valence-electron chi connectivity index (χ1n) is 9.03. The molecule has 5 nitrogen and oxygen atoms in total. The van der Waals surface area contributed by atoms with Gasteiger partial charge >= 0.3 is 0 Å². The number of piperazine rings is 1. The van der Waals surface area contributed by atoms with Crippen LogP contribution in [0.25, 0.3) is 10.8 Å². The normalized spacial score (nSPS) is 18.2. The van der Waals surface area contributed by atoms with Crippen LogP contribution in [0.15, 0.2) is 54.7 Å². The van der Waals surface area contributed by atoms with Gasteiger partial charge in [-0.3, -0.25) is 4.90 Å². The van der Waals surface area contributed by atoms with E-state index in [2.05, 4.69) is 63.4 Å². The van der Waals surface area contributed by atoms with Crippen LogP contribution in [-0.2, 0) is 6.42 Å². The van der Waals surface area contributed by atoms with Crippen LogP contribution in [0.1, 0.15) is 5.56 Å². The van der Waals surface area contributed by atoms with Crippen LogP contribution in [0.4, 0.5) is 5.82 Å². The Balaban J connectivity index is 1.62. The van der Waals surface area contributed by atoms with E-state index >= 15 is 0 Å². The van der Waals surface area contributed by atoms with Gasteiger partial charge in [-0.25, -0.2) is 0 Å². The van der Waals surface area contributed by atoms with Gasteiger partial charge in [0.15, 0.2) is 5.82 Å². The van der Waals surface area contributed by atoms with Crippen molar-refractivity contribution in [3.63, 3.8) is 0 Å². The van der Waals surface area contributed by atoms with Gasteiger partial charge in [-0.2, -0.15) is 5.10 Å². The minimum Gasteiger partial charge on any atom is -0.497 e. The second-order valence-corrected chi connectivity index (χ2v) is 6.89. The summed E-state index contributed by atoms with van der Waals surface area (Å²) in [6, 6.07) is 17.2. The van der Waals surface area contributed by atoms with E-state index in [0.717, 1.165) is 48.4 Å². The number of nitrogens with zero attached hydrogens (tertiary/aromatic N) is 4. The van der Waals surface area contributed by atoms with Crippen molar-refractivity contribution in [2.45, 2.75) is 12.5 Å². The Kier molecular flexibility index (Phi) is 4.71. The summed E-state index contributed by atoms with van der Waals surface area (Å²) in [7, 11) is 3.91. The van der Waals surface area contributed by atoms with E-state index in [0.29, 0.717) is 6.04 Å². The van der Waals surface area contributed by atoms with Gasteiger partial charge in [0.1, 0.15) is 5.75 Å². The highest BCUT2D eigenvalue weighted by Gasteiger charge is 2.26. The minimum atomic E-state index is 0.453. The molecule has 1 saturated heterocycles. The van der Waals surface area contributed by atoms with Gasteiger partial charge in [-0.05, 0) is 37.2 Å². The summed E-state index contributed by atoms with van der Waals surface area (Å²) in [6.07, 6.45) is 2.85. The lowest BCUT2D eigenvalue weighted by atomic mass is 10.0. The highest BCUT2D eigenvalue weighted by Crippen LogP contribution is 2.29. The highest BCUT2D eigenvalue weighted by atomic mass is 16.5. The molecule has 4 rings (SSSR count). The monoisotopic (exact) mass is 348 g/mol. The van der Waals surface area contributed by atoms with Crippen LogP contribution < -0.4 is 9.64 Å². The fourth-order valence-electron chi connectivity index (χ4n) is 3.65. The SMILES string of the molecule is COc1ccc2cnnc(N3CCN(C)C(Cc4ccccc4)C3)c2c1. The van der Waals surface area contributed by atoms with E-state index in [1.165, 1.54) is 5.56 Å². The van der Waals surface area contributed by atoms with Crippen molar-refractivity contribution in [2.24, 2.45) is 0 Å². The Labute approximate surface area is 154 Å². The van der Waals surface area contributed by atoms with Crippen molar-refractivity contribution in [3.05, 3.63) is 60.3 Å². The second-order valence-electron chi connectivity index (χ2n) is 6.89. The molecule has 5 heteroatoms. The molecule has 1 unspecified atom stereocenters. The first-order valence-corrected chi connectivity index (χ1v) is 9.03. The van der Waals surface area contributed by atoms with Crippen LogP contribution in [0.2, 0.25) is 0 Å². The molecule has 26 heavy (non-hydrogen) atoms. The summed E-state index contributed by atoms with van der Waals surface area (Å²) >= 11 is 0. The molecule has 2 aromatic carbocycles. The third-order valence-electron chi connectivity index (χ3n) is 5.24. The van der Waals surface area contributed by atoms with Gasteiger partial charge in [0.25, 0.3) is 0 Å². The Morgan fingerprint density at radius 2 is 1.96 bits per heavy atom. The van der Waals surface area contributed by atoms with Gasteiger partial charge in [-0.15, -0.1) is 5.10 Å². The van der Waals surface area contributed by atoms with Gasteiger partial charge in [0.2, 0.25) is 0 Å². The largest absolute Gasteiger partial charge is 0.497 e. The van der Waals surface area contributed by atoms with E-state index < -0.39 is 0 Å². The number of fused-ring (bicyclic) bond motifs is 1. The Hall–Kier alpha value is -2.66. The lowest BCUT2D eigenvalue weighted by Gasteiger charge is -2.40. The Morgan fingerprint density at radius 3 is 2.77 bits per heavy atom. The molecule has 2 heterocycles. The first kappa shape index (κ1) is 16.8. The predicted octanol–water partition coefficient (Wildman–Crippen LogP) is 3.00. The van der Waals surface area contributed by atoms with Crippen LogP contribution in [0.3, 0.4) is 0 Å². The van der Waals surface area contributed by atoms with Crippen molar-refractivity contribution in [2.75, 3.05) is 38.7 Å². The van der Waals surface area contributed by atoms with Gasteiger partial charge < -0.3 is 9.64 Å². The molecular weight excluding hydrogens is 324 g/mol. The number of hydrogen-bond acceptors (Lipinski definition) is 5. The topological polar surface area (TPSA) is 41.5 Å². The maximum Gasteiger partial charge on any atom is 0.159 e. The molecule has 0 aliphatic carbocycles. The standard InChI is InChI=1S/C21H24N4O/c1-24-10-11-25(15-18(24)12-16-6-4-3-5-7-16)21-20-13-19(26-2)9-8-17(20)14-22-23-21/h3-9,13-14,18H,10-12,15H2,1-2H3. The molecule has 1 aliphatic heterocycles. The average molecular weight is 348 g/mol. The van der Waals surface area contributed by atoms with E-state index in [9.17, 15) is 0 Å². The quantitative estimate of drug-likeness (QED) is 0.725. The van der Waals surface area contributed by atoms with Crippen molar-refractivity contribution >= 4 is 16.6 Å². The fourth-order valence-corrected chi connectivity index (χ4v) is 3.65. The molecule has 3 aromatic rings. The molecule has 0 amide bonds. The molecule has 1 fully saturated rings. The molecule has 1 aromatic heterocycles. The third kappa shape index (κ3) is 3.35. The van der Waals surface area contributed by atoms with Crippen molar-refractivity contribution in [3.8, 4) is 5.75 Å². The van der Waals surface area contributed by atoms with Crippen LogP contribution in [0, 0.1) is 0 Å². The number of aromatic nitrogens is 2. The molecule has 0 radical (unpaired) electrons. The first-order chi connectivity index (χ1) is 12.7. The summed E-state index contributed by atoms with van der Waals surface area (Å²) in [5, 5.41) is 10.9. The number of rotatable bonds is 4. The zero-order valence-corrected chi connectivity index (χ0v) is 15.3. The number of hydrogen-bond donors (Lipinski definition) is 0. The molecule has 0 saturated carbocycles. The summed E-state index contributed by atoms with van der Waals surface area (Å²) in [5.41, 5.74) is 1.37. The Bertz CT molecular complexity index is 884. The molecule has 0 N–H and O–H groups in total. The maximum atomic E-state index is 5.41. The Morgan fingerprint density at radius 1 is 1.12 bits per heavy atom. The van der Waals surface area contributed by atoms with E-state index in [4.69, 9.17) is 4.74 Å². The highest BCUT2D eigenvalue weighted by molar-refractivity contribution is 5.92. The van der Waals surface area contributed by atoms with Crippen LogP contribution in [-0.4, -0.2) is 54.9 Å². The van der Waals surface area contributed by atoms with Gasteiger partial charge in [0.05, 0.1) is 13.3 Å². The summed E-state index contributed by atoms with van der Waals surface area (Å²) in [5.74, 6) is 1.80. The number of ether oxygens (including phenoxy) is 1. The minimum absolute atomic E-state index is 0.453. The van der Waals surface area contributed by atoms with Gasteiger partial charge in [0, 0.05) is 36.4 Å². The molecule has 0 bridgehead atoms. The molecule has 1 aliphatic rings. The lowest BCUT2D eigenvalue weighted by Crippen LogP contribution is -2.52. The molecular formula is C21H24N4O. The summed E-state index contributed by atoms with van der Waals surface area (Å²) < 4.78 is 5.41. The van der Waals surface area contributed by atoms with Crippen LogP contribution >= 0.6 is 0 Å². The predicted molar refractivity (Wildman–Crippen MR) is 105 cm³/mol. The van der Waals surface area contributed by atoms with Crippen molar-refractivity contribution < 1.29 is 4.74 Å². The number of likely N-dealkylation sites (N-methyl/N-ethyl adjacent to an activating group) is 1. The lowest BCUT2D eigenvalue weighted by molar-refractivity contribution is 0.217. The smallest absolute Gasteiger partial charge is 0.159 e. The van der Waals surface area contributed by atoms with E-state index in [1.807, 2.05) is 18.3 Å². The zero-order valence-electron chi connectivity index (χ0n) is 15.3. The average Bonchev–Trinajstić information content (AvgIpc) is 2.69. The number of methoxy groups -OCH3 is 1. The third-order valence-corrected chi connectivity index (χ3v) is 5.24. The second kappa shape index (κ2) is 7.30. The van der Waals surface area contributed by atoms with Crippen molar-refractivity contribution in [1.29, 1.82) is 0 Å². The molecule has 1 atom stereocenters. The maximum absolute atomic E-state index is 5.41. The van der Waals surface area contributed by atoms with E-state index in [1.54, 1.807) is 7.11 Å². The number of anilines is 1. The fraction of sp³-hybridized carbons (Fsp3) is 0.333. The number of benzene rings is 2. The molecule has 134 valence electrons. The van der Waals surface area contributed by atoms with Crippen LogP contribution in [0.5, 0.6) is 5.75 Å².